The van der Waals surface area contributed by atoms with E-state index in [1.54, 1.807) is 12.1 Å². The minimum Gasteiger partial charge on any atom is -0.326 e. The topological polar surface area (TPSA) is 75.3 Å². The van der Waals surface area contributed by atoms with E-state index in [9.17, 15) is 17.6 Å². The molecule has 9 heteroatoms. The molecular weight excluding hydrogens is 423 g/mol. The van der Waals surface area contributed by atoms with Gasteiger partial charge < -0.3 is 5.32 Å². The van der Waals surface area contributed by atoms with Gasteiger partial charge in [0, 0.05) is 23.1 Å². The number of carbonyl (C=O) groups is 1. The molecule has 0 saturated carbocycles. The SMILES string of the molecule is O=C(CCNS(=O)(=O)c1ccc(Br)cc1)Nc1ccc(F)c(Cl)c1. The van der Waals surface area contributed by atoms with Gasteiger partial charge in [-0.15, -0.1) is 0 Å². The predicted molar refractivity (Wildman–Crippen MR) is 94.0 cm³/mol. The molecule has 0 bridgehead atoms. The van der Waals surface area contributed by atoms with Crippen LogP contribution in [0.3, 0.4) is 0 Å². The molecule has 0 atom stereocenters. The fraction of sp³-hybridized carbons (Fsp3) is 0.133. The van der Waals surface area contributed by atoms with E-state index in [4.69, 9.17) is 11.6 Å². The molecule has 2 aromatic rings. The molecule has 0 saturated heterocycles. The molecular formula is C15H13BrClFN2O3S. The number of nitrogens with one attached hydrogen (secondary N) is 2. The smallest absolute Gasteiger partial charge is 0.240 e. The van der Waals surface area contributed by atoms with E-state index in [1.807, 2.05) is 0 Å². The molecule has 0 aliphatic heterocycles. The Kier molecular flexibility index (Phi) is 6.34. The first kappa shape index (κ1) is 18.9. The number of rotatable bonds is 6. The number of anilines is 1. The molecule has 0 fully saturated rings. The van der Waals surface area contributed by atoms with E-state index < -0.39 is 21.7 Å². The van der Waals surface area contributed by atoms with Gasteiger partial charge in [-0.3, -0.25) is 4.79 Å². The van der Waals surface area contributed by atoms with Gasteiger partial charge in [-0.05, 0) is 42.5 Å². The zero-order chi connectivity index (χ0) is 17.7. The second-order valence-electron chi connectivity index (χ2n) is 4.78. The molecule has 0 aromatic heterocycles. The lowest BCUT2D eigenvalue weighted by atomic mass is 10.3. The average Bonchev–Trinajstić information content (AvgIpc) is 2.51. The van der Waals surface area contributed by atoms with Gasteiger partial charge in [0.1, 0.15) is 5.82 Å². The second kappa shape index (κ2) is 8.06. The Balaban J connectivity index is 1.87. The standard InChI is InChI=1S/C15H13BrClFN2O3S/c16-10-1-4-12(5-2-10)24(22,23)19-8-7-15(21)20-11-3-6-14(18)13(17)9-11/h1-6,9,19H,7-8H2,(H,20,21). The van der Waals surface area contributed by atoms with Crippen LogP contribution in [0, 0.1) is 5.82 Å². The lowest BCUT2D eigenvalue weighted by Crippen LogP contribution is -2.27. The Hall–Kier alpha value is -1.48. The third-order valence-corrected chi connectivity index (χ3v) is 5.27. The van der Waals surface area contributed by atoms with E-state index in [0.29, 0.717) is 5.69 Å². The Morgan fingerprint density at radius 3 is 2.46 bits per heavy atom. The van der Waals surface area contributed by atoms with Gasteiger partial charge in [-0.2, -0.15) is 0 Å². The number of amides is 1. The molecule has 2 rings (SSSR count). The van der Waals surface area contributed by atoms with E-state index in [-0.39, 0.29) is 22.9 Å². The van der Waals surface area contributed by atoms with Gasteiger partial charge in [-0.1, -0.05) is 27.5 Å². The van der Waals surface area contributed by atoms with E-state index in [1.165, 1.54) is 24.3 Å². The van der Waals surface area contributed by atoms with E-state index in [2.05, 4.69) is 26.0 Å². The van der Waals surface area contributed by atoms with Crippen molar-refractivity contribution in [3.05, 3.63) is 57.8 Å². The Labute approximate surface area is 152 Å². The van der Waals surface area contributed by atoms with Crippen LogP contribution in [-0.4, -0.2) is 20.9 Å². The normalized spacial score (nSPS) is 11.3. The summed E-state index contributed by atoms with van der Waals surface area (Å²) in [7, 11) is -3.68. The van der Waals surface area contributed by atoms with Crippen LogP contribution in [0.15, 0.2) is 51.8 Å². The molecule has 128 valence electrons. The fourth-order valence-corrected chi connectivity index (χ4v) is 3.27. The molecule has 2 N–H and O–H groups in total. The molecule has 0 unspecified atom stereocenters. The van der Waals surface area contributed by atoms with Crippen molar-refractivity contribution in [2.24, 2.45) is 0 Å². The van der Waals surface area contributed by atoms with Crippen LogP contribution in [-0.2, 0) is 14.8 Å². The van der Waals surface area contributed by atoms with Crippen LogP contribution >= 0.6 is 27.5 Å². The van der Waals surface area contributed by atoms with Gasteiger partial charge >= 0.3 is 0 Å². The summed E-state index contributed by atoms with van der Waals surface area (Å²) in [6.07, 6.45) is -0.0786. The lowest BCUT2D eigenvalue weighted by molar-refractivity contribution is -0.116. The summed E-state index contributed by atoms with van der Waals surface area (Å²) in [6, 6.07) is 9.90. The van der Waals surface area contributed by atoms with Crippen LogP contribution in [0.4, 0.5) is 10.1 Å². The third-order valence-electron chi connectivity index (χ3n) is 2.97. The summed E-state index contributed by atoms with van der Waals surface area (Å²) in [5.74, 6) is -1.01. The average molecular weight is 436 g/mol. The van der Waals surface area contributed by atoms with Crippen molar-refractivity contribution in [3.8, 4) is 0 Å². The third kappa shape index (κ3) is 5.27. The number of hydrogen-bond acceptors (Lipinski definition) is 3. The Morgan fingerprint density at radius 2 is 1.83 bits per heavy atom. The highest BCUT2D eigenvalue weighted by atomic mass is 79.9. The molecule has 0 spiro atoms. The van der Waals surface area contributed by atoms with Crippen molar-refractivity contribution in [1.82, 2.24) is 4.72 Å². The van der Waals surface area contributed by atoms with Crippen molar-refractivity contribution in [1.29, 1.82) is 0 Å². The summed E-state index contributed by atoms with van der Waals surface area (Å²) in [5, 5.41) is 2.40. The predicted octanol–water partition coefficient (Wildman–Crippen LogP) is 3.55. The summed E-state index contributed by atoms with van der Waals surface area (Å²) in [5.41, 5.74) is 0.335. The van der Waals surface area contributed by atoms with Gasteiger partial charge in [0.05, 0.1) is 9.92 Å². The summed E-state index contributed by atoms with van der Waals surface area (Å²) in [6.45, 7) is -0.0703. The van der Waals surface area contributed by atoms with Crippen molar-refractivity contribution < 1.29 is 17.6 Å². The van der Waals surface area contributed by atoms with Crippen LogP contribution < -0.4 is 10.0 Å². The van der Waals surface area contributed by atoms with E-state index >= 15 is 0 Å². The molecule has 0 aliphatic carbocycles. The van der Waals surface area contributed by atoms with Crippen LogP contribution in [0.5, 0.6) is 0 Å². The highest BCUT2D eigenvalue weighted by molar-refractivity contribution is 9.10. The minimum atomic E-state index is -3.68. The maximum atomic E-state index is 13.0. The first-order valence-electron chi connectivity index (χ1n) is 6.78. The van der Waals surface area contributed by atoms with Crippen LogP contribution in [0.25, 0.3) is 0 Å². The zero-order valence-corrected chi connectivity index (χ0v) is 15.4. The Bertz CT molecular complexity index is 844. The second-order valence-corrected chi connectivity index (χ2v) is 7.87. The van der Waals surface area contributed by atoms with Crippen molar-refractivity contribution >= 4 is 49.1 Å². The molecule has 5 nitrogen and oxygen atoms in total. The van der Waals surface area contributed by atoms with E-state index in [0.717, 1.165) is 10.5 Å². The fourth-order valence-electron chi connectivity index (χ4n) is 1.79. The highest BCUT2D eigenvalue weighted by Crippen LogP contribution is 2.19. The first-order chi connectivity index (χ1) is 11.3. The quantitative estimate of drug-likeness (QED) is 0.729. The van der Waals surface area contributed by atoms with Crippen molar-refractivity contribution in [3.63, 3.8) is 0 Å². The van der Waals surface area contributed by atoms with Gasteiger partial charge in [0.2, 0.25) is 15.9 Å². The number of benzene rings is 2. The zero-order valence-electron chi connectivity index (χ0n) is 12.2. The summed E-state index contributed by atoms with van der Waals surface area (Å²) < 4.78 is 40.2. The first-order valence-corrected chi connectivity index (χ1v) is 9.43. The van der Waals surface area contributed by atoms with Crippen LogP contribution in [0.1, 0.15) is 6.42 Å². The highest BCUT2D eigenvalue weighted by Gasteiger charge is 2.14. The summed E-state index contributed by atoms with van der Waals surface area (Å²) >= 11 is 8.84. The monoisotopic (exact) mass is 434 g/mol. The maximum Gasteiger partial charge on any atom is 0.240 e. The molecule has 2 aromatic carbocycles. The summed E-state index contributed by atoms with van der Waals surface area (Å²) in [4.78, 5) is 11.9. The molecule has 0 heterocycles. The van der Waals surface area contributed by atoms with Crippen molar-refractivity contribution in [2.75, 3.05) is 11.9 Å². The molecule has 24 heavy (non-hydrogen) atoms. The Morgan fingerprint density at radius 1 is 1.17 bits per heavy atom. The number of sulfonamides is 1. The molecule has 0 aliphatic rings. The molecule has 1 amide bonds. The van der Waals surface area contributed by atoms with Gasteiger partial charge in [0.15, 0.2) is 0 Å². The number of carbonyl (C=O) groups excluding carboxylic acids is 1. The maximum absolute atomic E-state index is 13.0. The largest absolute Gasteiger partial charge is 0.326 e. The number of halogens is 3. The van der Waals surface area contributed by atoms with Crippen LogP contribution in [0.2, 0.25) is 5.02 Å². The number of hydrogen-bond donors (Lipinski definition) is 2. The lowest BCUT2D eigenvalue weighted by Gasteiger charge is -2.08. The van der Waals surface area contributed by atoms with Gasteiger partial charge in [0.25, 0.3) is 0 Å². The van der Waals surface area contributed by atoms with Crippen molar-refractivity contribution in [2.45, 2.75) is 11.3 Å². The molecule has 0 radical (unpaired) electrons. The van der Waals surface area contributed by atoms with Gasteiger partial charge in [-0.25, -0.2) is 17.5 Å². The minimum absolute atomic E-state index is 0.0703.